The molecule has 0 bridgehead atoms. The molecule has 0 aliphatic rings. The van der Waals surface area contributed by atoms with Crippen LogP contribution in [-0.4, -0.2) is 23.0 Å². The van der Waals surface area contributed by atoms with Gasteiger partial charge in [-0.25, -0.2) is 9.13 Å². The van der Waals surface area contributed by atoms with E-state index >= 15 is 0 Å². The van der Waals surface area contributed by atoms with Crippen molar-refractivity contribution in [2.45, 2.75) is 41.5 Å². The van der Waals surface area contributed by atoms with Crippen molar-refractivity contribution in [1.29, 1.82) is 0 Å². The Morgan fingerprint density at radius 3 is 1.26 bits per heavy atom. The van der Waals surface area contributed by atoms with Crippen molar-refractivity contribution in [1.82, 2.24) is 0 Å². The highest BCUT2D eigenvalue weighted by molar-refractivity contribution is 7.61. The summed E-state index contributed by atoms with van der Waals surface area (Å²) in [5.74, 6) is 0. The van der Waals surface area contributed by atoms with Gasteiger partial charge in [-0.05, 0) is 10.8 Å². The first-order chi connectivity index (χ1) is 8.12. The number of phosphoric ester groups is 2. The van der Waals surface area contributed by atoms with E-state index < -0.39 is 15.6 Å². The molecule has 0 fully saturated rings. The normalized spacial score (nSPS) is 19.8. The first-order valence-electron chi connectivity index (χ1n) is 5.78. The Morgan fingerprint density at radius 2 is 1.05 bits per heavy atom. The molecule has 0 amide bonds. The Morgan fingerprint density at radius 1 is 0.789 bits per heavy atom. The highest BCUT2D eigenvalue weighted by atomic mass is 31.3. The molecule has 0 saturated heterocycles. The second kappa shape index (κ2) is 6.35. The standard InChI is InChI=1S/C10H24O7P2/c1-9(2,3)7-15-18(11,12)17-19(13,14)16-8-10(4,5)6/h7-8H2,1-6H3,(H,11,12)(H,13,14). The molecule has 2 unspecified atom stereocenters. The summed E-state index contributed by atoms with van der Waals surface area (Å²) in [7, 11) is -9.26. The molecule has 0 aliphatic heterocycles. The second-order valence-electron chi connectivity index (χ2n) is 6.69. The molecule has 0 aliphatic carbocycles. The third-order valence-corrected chi connectivity index (χ3v) is 4.09. The summed E-state index contributed by atoms with van der Waals surface area (Å²) < 4.78 is 36.5. The Hall–Kier alpha value is 0.260. The van der Waals surface area contributed by atoms with Gasteiger partial charge in [0.1, 0.15) is 0 Å². The van der Waals surface area contributed by atoms with Crippen molar-refractivity contribution < 1.29 is 32.3 Å². The highest BCUT2D eigenvalue weighted by Crippen LogP contribution is 2.61. The summed E-state index contributed by atoms with van der Waals surface area (Å²) in [6.07, 6.45) is 0. The van der Waals surface area contributed by atoms with E-state index in [1.807, 2.05) is 0 Å². The zero-order valence-electron chi connectivity index (χ0n) is 12.2. The molecule has 19 heavy (non-hydrogen) atoms. The molecule has 2 N–H and O–H groups in total. The SMILES string of the molecule is CC(C)(C)COP(=O)(O)OP(=O)(O)OCC(C)(C)C. The van der Waals surface area contributed by atoms with E-state index in [2.05, 4.69) is 13.4 Å². The average Bonchev–Trinajstić information content (AvgIpc) is 2.09. The lowest BCUT2D eigenvalue weighted by Gasteiger charge is -2.23. The average molecular weight is 318 g/mol. The van der Waals surface area contributed by atoms with Crippen LogP contribution in [0, 0.1) is 10.8 Å². The van der Waals surface area contributed by atoms with Gasteiger partial charge >= 0.3 is 15.6 Å². The van der Waals surface area contributed by atoms with Crippen LogP contribution in [0.15, 0.2) is 0 Å². The van der Waals surface area contributed by atoms with Gasteiger partial charge in [0, 0.05) is 0 Å². The van der Waals surface area contributed by atoms with Crippen molar-refractivity contribution in [3.63, 3.8) is 0 Å². The lowest BCUT2D eigenvalue weighted by Crippen LogP contribution is -2.15. The monoisotopic (exact) mass is 318 g/mol. The van der Waals surface area contributed by atoms with Gasteiger partial charge in [-0.15, -0.1) is 0 Å². The van der Waals surface area contributed by atoms with Crippen LogP contribution in [0.5, 0.6) is 0 Å². The first kappa shape index (κ1) is 19.3. The van der Waals surface area contributed by atoms with Gasteiger partial charge in [-0.3, -0.25) is 9.05 Å². The number of rotatable bonds is 6. The van der Waals surface area contributed by atoms with Crippen molar-refractivity contribution in [2.24, 2.45) is 10.8 Å². The molecular formula is C10H24O7P2. The number of hydrogen-bond acceptors (Lipinski definition) is 5. The van der Waals surface area contributed by atoms with Gasteiger partial charge in [0.25, 0.3) is 0 Å². The molecule has 0 heterocycles. The fraction of sp³-hybridized carbons (Fsp3) is 1.00. The molecule has 0 aromatic heterocycles. The number of hydrogen-bond donors (Lipinski definition) is 2. The van der Waals surface area contributed by atoms with E-state index in [1.165, 1.54) is 0 Å². The van der Waals surface area contributed by atoms with Crippen LogP contribution in [-0.2, 0) is 22.5 Å². The first-order valence-corrected chi connectivity index (χ1v) is 8.77. The minimum absolute atomic E-state index is 0.0972. The van der Waals surface area contributed by atoms with Crippen LogP contribution in [0.3, 0.4) is 0 Å². The van der Waals surface area contributed by atoms with Crippen molar-refractivity contribution in [2.75, 3.05) is 13.2 Å². The zero-order chi connectivity index (χ0) is 15.5. The quantitative estimate of drug-likeness (QED) is 0.724. The van der Waals surface area contributed by atoms with Gasteiger partial charge in [0.05, 0.1) is 13.2 Å². The molecular weight excluding hydrogens is 294 g/mol. The van der Waals surface area contributed by atoms with Crippen molar-refractivity contribution >= 4 is 15.6 Å². The summed E-state index contributed by atoms with van der Waals surface area (Å²) in [4.78, 5) is 18.7. The van der Waals surface area contributed by atoms with E-state index in [1.54, 1.807) is 41.5 Å². The topological polar surface area (TPSA) is 102 Å². The predicted octanol–water partition coefficient (Wildman–Crippen LogP) is 3.33. The highest BCUT2D eigenvalue weighted by Gasteiger charge is 2.37. The van der Waals surface area contributed by atoms with E-state index in [9.17, 15) is 18.9 Å². The Labute approximate surface area is 114 Å². The van der Waals surface area contributed by atoms with Crippen LogP contribution in [0.2, 0.25) is 0 Å². The maximum Gasteiger partial charge on any atom is 0.481 e. The largest absolute Gasteiger partial charge is 0.481 e. The minimum Gasteiger partial charge on any atom is -0.302 e. The Kier molecular flexibility index (Phi) is 6.44. The maximum atomic E-state index is 11.5. The molecule has 0 aromatic rings. The van der Waals surface area contributed by atoms with Crippen LogP contribution >= 0.6 is 15.6 Å². The van der Waals surface area contributed by atoms with Gasteiger partial charge in [0.15, 0.2) is 0 Å². The van der Waals surface area contributed by atoms with E-state index in [0.717, 1.165) is 0 Å². The maximum absolute atomic E-state index is 11.5. The lowest BCUT2D eigenvalue weighted by molar-refractivity contribution is 0.108. The van der Waals surface area contributed by atoms with E-state index in [4.69, 9.17) is 0 Å². The summed E-state index contributed by atoms with van der Waals surface area (Å²) in [5, 5.41) is 0. The molecule has 0 radical (unpaired) electrons. The Bertz CT molecular complexity index is 344. The predicted molar refractivity (Wildman–Crippen MR) is 71.5 cm³/mol. The molecule has 116 valence electrons. The third kappa shape index (κ3) is 11.8. The van der Waals surface area contributed by atoms with Gasteiger partial charge in [0.2, 0.25) is 0 Å². The third-order valence-electron chi connectivity index (χ3n) is 1.53. The zero-order valence-corrected chi connectivity index (χ0v) is 14.0. The second-order valence-corrected chi connectivity index (χ2v) is 9.73. The van der Waals surface area contributed by atoms with E-state index in [0.29, 0.717) is 0 Å². The summed E-state index contributed by atoms with van der Waals surface area (Å²) in [6.45, 7) is 10.5. The van der Waals surface area contributed by atoms with Crippen LogP contribution in [0.4, 0.5) is 0 Å². The molecule has 0 spiro atoms. The van der Waals surface area contributed by atoms with Gasteiger partial charge in [-0.2, -0.15) is 4.31 Å². The Balaban J connectivity index is 4.47. The number of phosphoric acid groups is 2. The minimum atomic E-state index is -4.63. The molecule has 9 heteroatoms. The van der Waals surface area contributed by atoms with Crippen molar-refractivity contribution in [3.05, 3.63) is 0 Å². The van der Waals surface area contributed by atoms with Gasteiger partial charge in [-0.1, -0.05) is 41.5 Å². The smallest absolute Gasteiger partial charge is 0.302 e. The molecule has 7 nitrogen and oxygen atoms in total. The fourth-order valence-corrected chi connectivity index (χ4v) is 3.25. The summed E-state index contributed by atoms with van der Waals surface area (Å²) in [6, 6.07) is 0. The summed E-state index contributed by atoms with van der Waals surface area (Å²) in [5.41, 5.74) is -0.763. The molecule has 2 atom stereocenters. The van der Waals surface area contributed by atoms with Crippen LogP contribution < -0.4 is 0 Å². The van der Waals surface area contributed by atoms with Gasteiger partial charge < -0.3 is 9.79 Å². The molecule has 0 rings (SSSR count). The molecule has 0 saturated carbocycles. The fourth-order valence-electron chi connectivity index (χ4n) is 0.728. The van der Waals surface area contributed by atoms with E-state index in [-0.39, 0.29) is 24.0 Å². The lowest BCUT2D eigenvalue weighted by atomic mass is 9.99. The van der Waals surface area contributed by atoms with Crippen LogP contribution in [0.1, 0.15) is 41.5 Å². The van der Waals surface area contributed by atoms with Crippen molar-refractivity contribution in [3.8, 4) is 0 Å². The molecule has 0 aromatic carbocycles. The van der Waals surface area contributed by atoms with Crippen LogP contribution in [0.25, 0.3) is 0 Å². The summed E-state index contributed by atoms with van der Waals surface area (Å²) >= 11 is 0.